The number of hydrogen-bond acceptors (Lipinski definition) is 7. The maximum absolute atomic E-state index is 13.8. The lowest BCUT2D eigenvalue weighted by Gasteiger charge is -2.33. The van der Waals surface area contributed by atoms with Crippen LogP contribution >= 0.6 is 0 Å². The lowest BCUT2D eigenvalue weighted by molar-refractivity contribution is -0.142. The highest BCUT2D eigenvalue weighted by Crippen LogP contribution is 2.35. The number of aryl methyl sites for hydroxylation is 2. The molecule has 1 aliphatic carbocycles. The summed E-state index contributed by atoms with van der Waals surface area (Å²) in [5.74, 6) is 2.38. The van der Waals surface area contributed by atoms with Gasteiger partial charge in [0.2, 0.25) is 6.79 Å². The van der Waals surface area contributed by atoms with E-state index in [-0.39, 0.29) is 18.8 Å². The molecule has 0 bridgehead atoms. The molecule has 1 aromatic heterocycles. The van der Waals surface area contributed by atoms with Crippen molar-refractivity contribution in [3.05, 3.63) is 58.7 Å². The molecule has 4 aliphatic rings. The van der Waals surface area contributed by atoms with Crippen LogP contribution in [0.5, 0.6) is 11.5 Å². The number of fused-ring (bicyclic) bond motifs is 3. The molecule has 0 radical (unpaired) electrons. The fourth-order valence-electron chi connectivity index (χ4n) is 6.40. The predicted molar refractivity (Wildman–Crippen MR) is 147 cm³/mol. The third kappa shape index (κ3) is 4.92. The molecule has 4 heterocycles. The Kier molecular flexibility index (Phi) is 6.52. The Labute approximate surface area is 228 Å². The van der Waals surface area contributed by atoms with Gasteiger partial charge in [-0.1, -0.05) is 6.07 Å². The van der Waals surface area contributed by atoms with Crippen molar-refractivity contribution in [2.24, 2.45) is 0 Å². The van der Waals surface area contributed by atoms with Crippen molar-refractivity contribution < 1.29 is 24.1 Å². The first kappa shape index (κ1) is 24.7. The number of benzene rings is 2. The van der Waals surface area contributed by atoms with E-state index in [1.54, 1.807) is 0 Å². The zero-order chi connectivity index (χ0) is 26.3. The highest BCUT2D eigenvalue weighted by Gasteiger charge is 2.31. The fourth-order valence-corrected chi connectivity index (χ4v) is 6.40. The number of nitrogens with zero attached hydrogens (tertiary/aromatic N) is 3. The van der Waals surface area contributed by atoms with Gasteiger partial charge in [0.1, 0.15) is 11.9 Å². The number of aromatic nitrogens is 1. The molecule has 3 aromatic rings. The van der Waals surface area contributed by atoms with Gasteiger partial charge in [0.05, 0.1) is 11.6 Å². The fraction of sp³-hybridized carbons (Fsp3) is 0.484. The zero-order valence-electron chi connectivity index (χ0n) is 22.2. The normalized spacial score (nSPS) is 20.5. The van der Waals surface area contributed by atoms with Crippen molar-refractivity contribution in [3.8, 4) is 11.5 Å². The topological polar surface area (TPSA) is 84.4 Å². The second-order valence-electron chi connectivity index (χ2n) is 11.2. The van der Waals surface area contributed by atoms with E-state index in [0.29, 0.717) is 25.4 Å². The highest BCUT2D eigenvalue weighted by atomic mass is 16.7. The van der Waals surface area contributed by atoms with Crippen LogP contribution in [0.2, 0.25) is 0 Å². The number of pyridine rings is 1. The molecule has 204 valence electrons. The number of carbonyl (C=O) groups is 1. The Bertz CT molecular complexity index is 1390. The van der Waals surface area contributed by atoms with Crippen LogP contribution < -0.4 is 14.4 Å². The molecule has 1 unspecified atom stereocenters. The molecule has 2 fully saturated rings. The number of aliphatic hydroxyl groups is 1. The number of piperidine rings is 1. The first-order chi connectivity index (χ1) is 19.1. The number of anilines is 1. The Morgan fingerprint density at radius 1 is 0.974 bits per heavy atom. The molecule has 1 atom stereocenters. The average Bonchev–Trinajstić information content (AvgIpc) is 3.73. The summed E-state index contributed by atoms with van der Waals surface area (Å²) in [6.07, 6.45) is 5.82. The van der Waals surface area contributed by atoms with Gasteiger partial charge in [-0.15, -0.1) is 0 Å². The molecule has 39 heavy (non-hydrogen) atoms. The zero-order valence-corrected chi connectivity index (χ0v) is 22.2. The van der Waals surface area contributed by atoms with Crippen LogP contribution in [0.15, 0.2) is 36.4 Å². The maximum Gasteiger partial charge on any atom is 0.252 e. The average molecular weight is 530 g/mol. The van der Waals surface area contributed by atoms with Crippen LogP contribution in [0.1, 0.15) is 54.4 Å². The Hall–Kier alpha value is -3.36. The third-order valence-corrected chi connectivity index (χ3v) is 8.54. The van der Waals surface area contributed by atoms with Crippen LogP contribution in [-0.2, 0) is 35.5 Å². The van der Waals surface area contributed by atoms with Crippen molar-refractivity contribution >= 4 is 22.6 Å². The lowest BCUT2D eigenvalue weighted by Crippen LogP contribution is -2.40. The van der Waals surface area contributed by atoms with E-state index < -0.39 is 6.10 Å². The van der Waals surface area contributed by atoms with Crippen molar-refractivity contribution in [1.82, 2.24) is 9.88 Å². The molecule has 0 spiro atoms. The SMILES string of the molecule is O=C(C1CCCO1)N(Cc1ccc2c(c1)OCO2)Cc1cc2cc3c(cc2nc1N1CCC(O)CC1)CCC3. The number of aliphatic hydroxyl groups excluding tert-OH is 1. The molecular weight excluding hydrogens is 494 g/mol. The number of hydrogen-bond donors (Lipinski definition) is 1. The Morgan fingerprint density at radius 2 is 1.79 bits per heavy atom. The molecule has 8 heteroatoms. The molecule has 1 amide bonds. The lowest BCUT2D eigenvalue weighted by atomic mass is 10.0. The summed E-state index contributed by atoms with van der Waals surface area (Å²) in [6, 6.07) is 12.7. The summed E-state index contributed by atoms with van der Waals surface area (Å²) in [4.78, 5) is 23.2. The van der Waals surface area contributed by atoms with E-state index in [1.165, 1.54) is 17.5 Å². The van der Waals surface area contributed by atoms with Gasteiger partial charge in [0.15, 0.2) is 11.5 Å². The number of rotatable bonds is 6. The number of carbonyl (C=O) groups excluding carboxylic acids is 1. The maximum atomic E-state index is 13.8. The summed E-state index contributed by atoms with van der Waals surface area (Å²) >= 11 is 0. The van der Waals surface area contributed by atoms with E-state index in [4.69, 9.17) is 19.2 Å². The summed E-state index contributed by atoms with van der Waals surface area (Å²) in [6.45, 7) is 3.21. The van der Waals surface area contributed by atoms with Gasteiger partial charge in [0, 0.05) is 43.7 Å². The van der Waals surface area contributed by atoms with E-state index in [0.717, 1.165) is 85.2 Å². The van der Waals surface area contributed by atoms with Crippen molar-refractivity contribution in [2.75, 3.05) is 31.4 Å². The Balaban J connectivity index is 1.26. The second kappa shape index (κ2) is 10.3. The van der Waals surface area contributed by atoms with Gasteiger partial charge in [-0.3, -0.25) is 4.79 Å². The standard InChI is InChI=1S/C31H35N3O5/c35-25-8-10-33(11-9-25)30-24(15-23-14-21-3-1-4-22(21)16-26(23)32-30)18-34(31(36)28-5-2-12-37-28)17-20-6-7-27-29(13-20)39-19-38-27/h6-7,13-16,25,28,35H,1-5,8-12,17-19H2. The molecule has 3 aliphatic heterocycles. The summed E-state index contributed by atoms with van der Waals surface area (Å²) in [5, 5.41) is 11.3. The quantitative estimate of drug-likeness (QED) is 0.514. The summed E-state index contributed by atoms with van der Waals surface area (Å²) in [7, 11) is 0. The smallest absolute Gasteiger partial charge is 0.252 e. The second-order valence-corrected chi connectivity index (χ2v) is 11.2. The third-order valence-electron chi connectivity index (χ3n) is 8.54. The largest absolute Gasteiger partial charge is 0.454 e. The summed E-state index contributed by atoms with van der Waals surface area (Å²) in [5.41, 5.74) is 5.84. The van der Waals surface area contributed by atoms with Crippen LogP contribution in [-0.4, -0.2) is 59.6 Å². The van der Waals surface area contributed by atoms with Gasteiger partial charge in [0.25, 0.3) is 5.91 Å². The van der Waals surface area contributed by atoms with E-state index >= 15 is 0 Å². The van der Waals surface area contributed by atoms with Crippen molar-refractivity contribution in [1.29, 1.82) is 0 Å². The first-order valence-electron chi connectivity index (χ1n) is 14.3. The van der Waals surface area contributed by atoms with Gasteiger partial charge in [-0.05, 0) is 92.0 Å². The minimum Gasteiger partial charge on any atom is -0.454 e. The van der Waals surface area contributed by atoms with E-state index in [1.807, 2.05) is 23.1 Å². The van der Waals surface area contributed by atoms with Crippen LogP contribution in [0.4, 0.5) is 5.82 Å². The number of ether oxygens (including phenoxy) is 3. The van der Waals surface area contributed by atoms with Crippen LogP contribution in [0.3, 0.4) is 0 Å². The Morgan fingerprint density at radius 3 is 2.62 bits per heavy atom. The minimum absolute atomic E-state index is 0.0132. The molecule has 1 N–H and O–H groups in total. The monoisotopic (exact) mass is 529 g/mol. The molecule has 0 saturated carbocycles. The molecule has 8 nitrogen and oxygen atoms in total. The predicted octanol–water partition coefficient (Wildman–Crippen LogP) is 4.12. The van der Waals surface area contributed by atoms with Gasteiger partial charge in [-0.2, -0.15) is 0 Å². The van der Waals surface area contributed by atoms with E-state index in [9.17, 15) is 9.90 Å². The van der Waals surface area contributed by atoms with Crippen LogP contribution in [0, 0.1) is 0 Å². The molecule has 7 rings (SSSR count). The van der Waals surface area contributed by atoms with Crippen LogP contribution in [0.25, 0.3) is 10.9 Å². The molecular formula is C31H35N3O5. The first-order valence-corrected chi connectivity index (χ1v) is 14.3. The van der Waals surface area contributed by atoms with E-state index in [2.05, 4.69) is 23.1 Å². The summed E-state index contributed by atoms with van der Waals surface area (Å²) < 4.78 is 16.9. The van der Waals surface area contributed by atoms with Gasteiger partial charge >= 0.3 is 0 Å². The number of amides is 1. The minimum atomic E-state index is -0.413. The highest BCUT2D eigenvalue weighted by molar-refractivity contribution is 5.85. The van der Waals surface area contributed by atoms with Crippen molar-refractivity contribution in [2.45, 2.75) is 70.2 Å². The molecule has 2 saturated heterocycles. The van der Waals surface area contributed by atoms with Gasteiger partial charge in [-0.25, -0.2) is 4.98 Å². The van der Waals surface area contributed by atoms with Gasteiger partial charge < -0.3 is 29.1 Å². The van der Waals surface area contributed by atoms with Crippen molar-refractivity contribution in [3.63, 3.8) is 0 Å². The molecule has 2 aromatic carbocycles.